The maximum atomic E-state index is 12.6. The van der Waals surface area contributed by atoms with E-state index in [2.05, 4.69) is 0 Å². The van der Waals surface area contributed by atoms with Gasteiger partial charge in [-0.25, -0.2) is 0 Å². The molecule has 0 N–H and O–H groups in total. The Balaban J connectivity index is 1.79. The first-order valence-corrected chi connectivity index (χ1v) is 7.66. The van der Waals surface area contributed by atoms with Gasteiger partial charge < -0.3 is 4.90 Å². The molecule has 21 heavy (non-hydrogen) atoms. The van der Waals surface area contributed by atoms with Crippen LogP contribution in [-0.4, -0.2) is 21.8 Å². The Kier molecular flexibility index (Phi) is 3.70. The molecule has 1 amide bonds. The van der Waals surface area contributed by atoms with Gasteiger partial charge in [0.05, 0.1) is 4.92 Å². The zero-order valence-corrected chi connectivity index (χ0v) is 12.1. The number of amides is 1. The second kappa shape index (κ2) is 5.65. The number of rotatable bonds is 5. The van der Waals surface area contributed by atoms with Crippen molar-refractivity contribution in [2.45, 2.75) is 25.4 Å². The van der Waals surface area contributed by atoms with E-state index in [4.69, 9.17) is 0 Å². The number of hydrogen-bond acceptors (Lipinski definition) is 4. The number of thiophene rings is 1. The minimum atomic E-state index is -0.460. The summed E-state index contributed by atoms with van der Waals surface area (Å²) in [5.74, 6) is -0.0569. The van der Waals surface area contributed by atoms with Gasteiger partial charge in [0.1, 0.15) is 0 Å². The Bertz CT molecular complexity index is 648. The fourth-order valence-corrected chi connectivity index (χ4v) is 2.88. The SMILES string of the molecule is O=C(c1ccc([N+](=O)[O-])cc1)N(Cc1ccsc1)C1CC1. The van der Waals surface area contributed by atoms with Gasteiger partial charge in [-0.15, -0.1) is 0 Å². The third kappa shape index (κ3) is 3.11. The number of nitro groups is 1. The molecule has 5 nitrogen and oxygen atoms in total. The van der Waals surface area contributed by atoms with Crippen LogP contribution in [0.25, 0.3) is 0 Å². The lowest BCUT2D eigenvalue weighted by Crippen LogP contribution is -2.32. The molecule has 0 aliphatic heterocycles. The molecule has 1 saturated carbocycles. The van der Waals surface area contributed by atoms with E-state index in [9.17, 15) is 14.9 Å². The Morgan fingerprint density at radius 1 is 1.29 bits per heavy atom. The van der Waals surface area contributed by atoms with Crippen molar-refractivity contribution in [1.29, 1.82) is 0 Å². The quantitative estimate of drug-likeness (QED) is 0.627. The topological polar surface area (TPSA) is 63.4 Å². The lowest BCUT2D eigenvalue weighted by atomic mass is 10.1. The largest absolute Gasteiger partial charge is 0.331 e. The molecule has 2 aromatic rings. The zero-order valence-electron chi connectivity index (χ0n) is 11.3. The van der Waals surface area contributed by atoms with Gasteiger partial charge in [0.25, 0.3) is 11.6 Å². The van der Waals surface area contributed by atoms with E-state index in [1.54, 1.807) is 11.3 Å². The molecule has 0 radical (unpaired) electrons. The highest BCUT2D eigenvalue weighted by Gasteiger charge is 2.33. The van der Waals surface area contributed by atoms with E-state index in [0.717, 1.165) is 18.4 Å². The van der Waals surface area contributed by atoms with Crippen LogP contribution < -0.4 is 0 Å². The van der Waals surface area contributed by atoms with E-state index in [1.165, 1.54) is 24.3 Å². The van der Waals surface area contributed by atoms with Crippen LogP contribution in [0.5, 0.6) is 0 Å². The van der Waals surface area contributed by atoms with Gasteiger partial charge in [0.2, 0.25) is 0 Å². The molecule has 1 aliphatic carbocycles. The first-order chi connectivity index (χ1) is 10.1. The number of non-ortho nitro benzene ring substituents is 1. The maximum Gasteiger partial charge on any atom is 0.269 e. The van der Waals surface area contributed by atoms with Gasteiger partial charge in [-0.1, -0.05) is 0 Å². The Morgan fingerprint density at radius 3 is 2.52 bits per heavy atom. The van der Waals surface area contributed by atoms with Crippen molar-refractivity contribution in [3.05, 3.63) is 62.3 Å². The second-order valence-corrected chi connectivity index (χ2v) is 5.88. The lowest BCUT2D eigenvalue weighted by molar-refractivity contribution is -0.384. The van der Waals surface area contributed by atoms with E-state index in [-0.39, 0.29) is 11.6 Å². The highest BCUT2D eigenvalue weighted by Crippen LogP contribution is 2.30. The van der Waals surface area contributed by atoms with Crippen molar-refractivity contribution in [2.24, 2.45) is 0 Å². The molecule has 0 unspecified atom stereocenters. The van der Waals surface area contributed by atoms with E-state index in [0.29, 0.717) is 18.2 Å². The normalized spacial score (nSPS) is 13.9. The molecular formula is C15H14N2O3S. The van der Waals surface area contributed by atoms with Crippen LogP contribution in [0.15, 0.2) is 41.1 Å². The van der Waals surface area contributed by atoms with Crippen LogP contribution in [0.2, 0.25) is 0 Å². The van der Waals surface area contributed by atoms with Gasteiger partial charge in [-0.3, -0.25) is 14.9 Å². The first-order valence-electron chi connectivity index (χ1n) is 6.71. The Hall–Kier alpha value is -2.21. The Morgan fingerprint density at radius 2 is 2.00 bits per heavy atom. The van der Waals surface area contributed by atoms with Crippen molar-refractivity contribution >= 4 is 22.9 Å². The Labute approximate surface area is 126 Å². The van der Waals surface area contributed by atoms with E-state index in [1.807, 2.05) is 21.7 Å². The van der Waals surface area contributed by atoms with Crippen molar-refractivity contribution < 1.29 is 9.72 Å². The minimum absolute atomic E-state index is 0.00218. The number of nitrogens with zero attached hydrogens (tertiary/aromatic N) is 2. The highest BCUT2D eigenvalue weighted by molar-refractivity contribution is 7.07. The molecule has 1 aromatic carbocycles. The predicted molar refractivity (Wildman–Crippen MR) is 80.3 cm³/mol. The van der Waals surface area contributed by atoms with E-state index < -0.39 is 4.92 Å². The monoisotopic (exact) mass is 302 g/mol. The summed E-state index contributed by atoms with van der Waals surface area (Å²) in [6.45, 7) is 0.601. The summed E-state index contributed by atoms with van der Waals surface area (Å²) in [6, 6.07) is 8.13. The molecule has 1 aromatic heterocycles. The molecule has 1 heterocycles. The van der Waals surface area contributed by atoms with Crippen LogP contribution in [-0.2, 0) is 6.54 Å². The molecule has 0 spiro atoms. The van der Waals surface area contributed by atoms with Crippen LogP contribution in [0.1, 0.15) is 28.8 Å². The molecular weight excluding hydrogens is 288 g/mol. The van der Waals surface area contributed by atoms with Gasteiger partial charge in [-0.2, -0.15) is 11.3 Å². The third-order valence-corrected chi connectivity index (χ3v) is 4.24. The number of carbonyl (C=O) groups is 1. The molecule has 0 atom stereocenters. The van der Waals surface area contributed by atoms with Crippen LogP contribution >= 0.6 is 11.3 Å². The average molecular weight is 302 g/mol. The highest BCUT2D eigenvalue weighted by atomic mass is 32.1. The third-order valence-electron chi connectivity index (χ3n) is 3.51. The van der Waals surface area contributed by atoms with Crippen LogP contribution in [0.3, 0.4) is 0 Å². The van der Waals surface area contributed by atoms with Crippen LogP contribution in [0, 0.1) is 10.1 Å². The van der Waals surface area contributed by atoms with Gasteiger partial charge in [-0.05, 0) is 47.4 Å². The molecule has 6 heteroatoms. The lowest BCUT2D eigenvalue weighted by Gasteiger charge is -2.22. The minimum Gasteiger partial charge on any atom is -0.331 e. The summed E-state index contributed by atoms with van der Waals surface area (Å²) in [6.07, 6.45) is 2.06. The zero-order chi connectivity index (χ0) is 14.8. The molecule has 3 rings (SSSR count). The molecule has 108 valence electrons. The fraction of sp³-hybridized carbons (Fsp3) is 0.267. The second-order valence-electron chi connectivity index (χ2n) is 5.10. The van der Waals surface area contributed by atoms with Crippen molar-refractivity contribution in [3.63, 3.8) is 0 Å². The van der Waals surface area contributed by atoms with Gasteiger partial charge in [0.15, 0.2) is 0 Å². The molecule has 0 saturated heterocycles. The molecule has 0 bridgehead atoms. The predicted octanol–water partition coefficient (Wildman–Crippen LogP) is 3.46. The maximum absolute atomic E-state index is 12.6. The molecule has 1 fully saturated rings. The number of carbonyl (C=O) groups excluding carboxylic acids is 1. The summed E-state index contributed by atoms with van der Waals surface area (Å²) in [5, 5.41) is 14.7. The van der Waals surface area contributed by atoms with Crippen molar-refractivity contribution in [1.82, 2.24) is 4.90 Å². The average Bonchev–Trinajstić information content (AvgIpc) is 3.20. The summed E-state index contributed by atoms with van der Waals surface area (Å²) >= 11 is 1.61. The summed E-state index contributed by atoms with van der Waals surface area (Å²) in [5.41, 5.74) is 1.63. The number of nitro benzene ring substituents is 1. The summed E-state index contributed by atoms with van der Waals surface area (Å²) in [4.78, 5) is 24.7. The van der Waals surface area contributed by atoms with Gasteiger partial charge >= 0.3 is 0 Å². The van der Waals surface area contributed by atoms with Crippen molar-refractivity contribution in [3.8, 4) is 0 Å². The smallest absolute Gasteiger partial charge is 0.269 e. The van der Waals surface area contributed by atoms with E-state index >= 15 is 0 Å². The number of hydrogen-bond donors (Lipinski definition) is 0. The van der Waals surface area contributed by atoms with Crippen LogP contribution in [0.4, 0.5) is 5.69 Å². The summed E-state index contributed by atoms with van der Waals surface area (Å²) < 4.78 is 0. The standard InChI is InChI=1S/C15H14N2O3S/c18-15(12-1-3-14(4-2-12)17(19)20)16(13-5-6-13)9-11-7-8-21-10-11/h1-4,7-8,10,13H,5-6,9H2. The number of benzene rings is 1. The molecule has 1 aliphatic rings. The van der Waals surface area contributed by atoms with Gasteiger partial charge in [0, 0.05) is 30.3 Å². The fourth-order valence-electron chi connectivity index (χ4n) is 2.22. The first kappa shape index (κ1) is 13.8. The van der Waals surface area contributed by atoms with Crippen molar-refractivity contribution in [2.75, 3.05) is 0 Å². The summed E-state index contributed by atoms with van der Waals surface area (Å²) in [7, 11) is 0.